The molecule has 0 spiro atoms. The second kappa shape index (κ2) is 8.43. The van der Waals surface area contributed by atoms with E-state index in [0.717, 1.165) is 24.3 Å². The van der Waals surface area contributed by atoms with Crippen LogP contribution in [0.2, 0.25) is 0 Å². The highest BCUT2D eigenvalue weighted by atomic mass is 16.1. The third-order valence-electron chi connectivity index (χ3n) is 5.21. The van der Waals surface area contributed by atoms with Crippen molar-refractivity contribution in [1.82, 2.24) is 20.2 Å². The van der Waals surface area contributed by atoms with E-state index in [1.165, 1.54) is 24.9 Å². The van der Waals surface area contributed by atoms with Crippen LogP contribution in [0.5, 0.6) is 0 Å². The molecule has 0 saturated carbocycles. The molecule has 0 unspecified atom stereocenters. The number of nitrogens with one attached hydrogen (secondary N) is 1. The molecule has 29 heavy (non-hydrogen) atoms. The Hall–Kier alpha value is -3.22. The van der Waals surface area contributed by atoms with Gasteiger partial charge >= 0.3 is 0 Å². The lowest BCUT2D eigenvalue weighted by Gasteiger charge is -2.28. The van der Waals surface area contributed by atoms with E-state index in [4.69, 9.17) is 0 Å². The van der Waals surface area contributed by atoms with E-state index in [1.807, 2.05) is 44.2 Å². The summed E-state index contributed by atoms with van der Waals surface area (Å²) in [5.41, 5.74) is 3.39. The van der Waals surface area contributed by atoms with Crippen LogP contribution in [0.15, 0.2) is 48.5 Å². The molecule has 1 N–H and O–H groups in total. The fraction of sp³-hybridized carbons (Fsp3) is 0.364. The summed E-state index contributed by atoms with van der Waals surface area (Å²) in [6.07, 6.45) is 3.80. The third-order valence-corrected chi connectivity index (χ3v) is 5.21. The van der Waals surface area contributed by atoms with Crippen LogP contribution in [0.3, 0.4) is 0 Å². The fourth-order valence-corrected chi connectivity index (χ4v) is 3.64. The SMILES string of the molecule is CC(C)n1nnnc1-c1cccc(C(=O)Nc2ccc(N3CCCCC3)cc2)c1. The Labute approximate surface area is 170 Å². The molecule has 150 valence electrons. The zero-order valence-electron chi connectivity index (χ0n) is 16.9. The van der Waals surface area contributed by atoms with Gasteiger partial charge in [0.1, 0.15) is 0 Å². The van der Waals surface area contributed by atoms with Crippen LogP contribution in [0.1, 0.15) is 49.5 Å². The minimum Gasteiger partial charge on any atom is -0.372 e. The van der Waals surface area contributed by atoms with Crippen LogP contribution in [-0.2, 0) is 0 Å². The summed E-state index contributed by atoms with van der Waals surface area (Å²) in [7, 11) is 0. The summed E-state index contributed by atoms with van der Waals surface area (Å²) >= 11 is 0. The Balaban J connectivity index is 1.48. The average Bonchev–Trinajstić information content (AvgIpc) is 3.25. The largest absolute Gasteiger partial charge is 0.372 e. The van der Waals surface area contributed by atoms with E-state index < -0.39 is 0 Å². The molecule has 7 heteroatoms. The number of carbonyl (C=O) groups excluding carboxylic acids is 1. The number of hydrogen-bond acceptors (Lipinski definition) is 5. The van der Waals surface area contributed by atoms with Gasteiger partial charge in [0.25, 0.3) is 5.91 Å². The molecule has 7 nitrogen and oxygen atoms in total. The van der Waals surface area contributed by atoms with Crippen molar-refractivity contribution >= 4 is 17.3 Å². The Morgan fingerprint density at radius 2 is 1.79 bits per heavy atom. The lowest BCUT2D eigenvalue weighted by Crippen LogP contribution is -2.29. The maximum atomic E-state index is 12.8. The number of tetrazole rings is 1. The first-order chi connectivity index (χ1) is 14.1. The summed E-state index contributed by atoms with van der Waals surface area (Å²) in [5.74, 6) is 0.502. The molecule has 1 aliphatic rings. The summed E-state index contributed by atoms with van der Waals surface area (Å²) in [4.78, 5) is 15.2. The minimum absolute atomic E-state index is 0.135. The smallest absolute Gasteiger partial charge is 0.255 e. The van der Waals surface area contributed by atoms with E-state index in [-0.39, 0.29) is 11.9 Å². The van der Waals surface area contributed by atoms with Gasteiger partial charge < -0.3 is 10.2 Å². The topological polar surface area (TPSA) is 75.9 Å². The van der Waals surface area contributed by atoms with Crippen LogP contribution >= 0.6 is 0 Å². The number of hydrogen-bond donors (Lipinski definition) is 1. The predicted molar refractivity (Wildman–Crippen MR) is 114 cm³/mol. The molecule has 0 aliphatic carbocycles. The zero-order valence-corrected chi connectivity index (χ0v) is 16.9. The summed E-state index contributed by atoms with van der Waals surface area (Å²) < 4.78 is 1.75. The van der Waals surface area contributed by atoms with Crippen LogP contribution in [0, 0.1) is 0 Å². The Kier molecular flexibility index (Phi) is 5.55. The number of anilines is 2. The first kappa shape index (κ1) is 19.1. The van der Waals surface area contributed by atoms with E-state index in [2.05, 4.69) is 37.9 Å². The molecule has 3 aromatic rings. The molecule has 1 amide bonds. The molecule has 1 aromatic heterocycles. The quantitative estimate of drug-likeness (QED) is 0.708. The summed E-state index contributed by atoms with van der Waals surface area (Å²) in [5, 5.41) is 14.9. The second-order valence-corrected chi connectivity index (χ2v) is 7.67. The van der Waals surface area contributed by atoms with Gasteiger partial charge in [0.05, 0.1) is 6.04 Å². The molecule has 2 heterocycles. The van der Waals surface area contributed by atoms with Crippen LogP contribution in [-0.4, -0.2) is 39.2 Å². The van der Waals surface area contributed by atoms with Crippen molar-refractivity contribution in [3.05, 3.63) is 54.1 Å². The highest BCUT2D eigenvalue weighted by Crippen LogP contribution is 2.23. The van der Waals surface area contributed by atoms with Crippen molar-refractivity contribution in [2.24, 2.45) is 0 Å². The lowest BCUT2D eigenvalue weighted by molar-refractivity contribution is 0.102. The summed E-state index contributed by atoms with van der Waals surface area (Å²) in [6, 6.07) is 15.6. The van der Waals surface area contributed by atoms with E-state index >= 15 is 0 Å². The Bertz CT molecular complexity index is 973. The Morgan fingerprint density at radius 1 is 1.03 bits per heavy atom. The van der Waals surface area contributed by atoms with Crippen molar-refractivity contribution in [2.75, 3.05) is 23.3 Å². The Morgan fingerprint density at radius 3 is 2.52 bits per heavy atom. The second-order valence-electron chi connectivity index (χ2n) is 7.67. The molecule has 0 bridgehead atoms. The van der Waals surface area contributed by atoms with Gasteiger partial charge in [-0.3, -0.25) is 4.79 Å². The van der Waals surface area contributed by atoms with Crippen LogP contribution in [0.4, 0.5) is 11.4 Å². The molecule has 1 saturated heterocycles. The van der Waals surface area contributed by atoms with Gasteiger partial charge in [0, 0.05) is 35.6 Å². The molecule has 1 fully saturated rings. The highest BCUT2D eigenvalue weighted by Gasteiger charge is 2.15. The highest BCUT2D eigenvalue weighted by molar-refractivity contribution is 6.04. The van der Waals surface area contributed by atoms with Gasteiger partial charge in [-0.2, -0.15) is 0 Å². The standard InChI is InChI=1S/C22H26N6O/c1-16(2)28-21(24-25-26-28)17-7-6-8-18(15-17)22(29)23-19-9-11-20(12-10-19)27-13-4-3-5-14-27/h6-12,15-16H,3-5,13-14H2,1-2H3,(H,23,29). The number of benzene rings is 2. The van der Waals surface area contributed by atoms with Gasteiger partial charge in [-0.25, -0.2) is 4.68 Å². The molecular formula is C22H26N6O. The molecule has 0 atom stereocenters. The zero-order chi connectivity index (χ0) is 20.2. The van der Waals surface area contributed by atoms with Crippen LogP contribution < -0.4 is 10.2 Å². The normalized spacial score (nSPS) is 14.2. The fourth-order valence-electron chi connectivity index (χ4n) is 3.64. The van der Waals surface area contributed by atoms with E-state index in [0.29, 0.717) is 11.4 Å². The summed E-state index contributed by atoms with van der Waals surface area (Å²) in [6.45, 7) is 6.25. The predicted octanol–water partition coefficient (Wildman–Crippen LogP) is 4.16. The maximum Gasteiger partial charge on any atom is 0.255 e. The monoisotopic (exact) mass is 390 g/mol. The van der Waals surface area contributed by atoms with Gasteiger partial charge in [-0.05, 0) is 79.9 Å². The number of rotatable bonds is 5. The van der Waals surface area contributed by atoms with Crippen molar-refractivity contribution in [3.8, 4) is 11.4 Å². The molecule has 4 rings (SSSR count). The molecule has 0 radical (unpaired) electrons. The van der Waals surface area contributed by atoms with E-state index in [1.54, 1.807) is 10.7 Å². The molecular weight excluding hydrogens is 364 g/mol. The van der Waals surface area contributed by atoms with Crippen molar-refractivity contribution < 1.29 is 4.79 Å². The van der Waals surface area contributed by atoms with E-state index in [9.17, 15) is 4.79 Å². The number of carbonyl (C=O) groups is 1. The van der Waals surface area contributed by atoms with Crippen LogP contribution in [0.25, 0.3) is 11.4 Å². The number of amides is 1. The third kappa shape index (κ3) is 4.29. The average molecular weight is 390 g/mol. The van der Waals surface area contributed by atoms with Crippen molar-refractivity contribution in [3.63, 3.8) is 0 Å². The van der Waals surface area contributed by atoms with Gasteiger partial charge in [-0.1, -0.05) is 12.1 Å². The van der Waals surface area contributed by atoms with Crippen molar-refractivity contribution in [1.29, 1.82) is 0 Å². The van der Waals surface area contributed by atoms with Crippen molar-refractivity contribution in [2.45, 2.75) is 39.2 Å². The number of aromatic nitrogens is 4. The number of nitrogens with zero attached hydrogens (tertiary/aromatic N) is 5. The molecule has 2 aromatic carbocycles. The van der Waals surface area contributed by atoms with Gasteiger partial charge in [-0.15, -0.1) is 5.10 Å². The lowest BCUT2D eigenvalue weighted by atomic mass is 10.1. The first-order valence-corrected chi connectivity index (χ1v) is 10.2. The maximum absolute atomic E-state index is 12.8. The first-order valence-electron chi connectivity index (χ1n) is 10.2. The molecule has 1 aliphatic heterocycles. The van der Waals surface area contributed by atoms with Gasteiger partial charge in [0.2, 0.25) is 0 Å². The van der Waals surface area contributed by atoms with Gasteiger partial charge in [0.15, 0.2) is 5.82 Å². The number of piperidine rings is 1. The minimum atomic E-state index is -0.152.